The van der Waals surface area contributed by atoms with Gasteiger partial charge in [0.15, 0.2) is 0 Å². The van der Waals surface area contributed by atoms with Crippen LogP contribution in [0.3, 0.4) is 0 Å². The summed E-state index contributed by atoms with van der Waals surface area (Å²) in [6.07, 6.45) is -0.549. The fourth-order valence-corrected chi connectivity index (χ4v) is 3.42. The molecule has 112 valence electrons. The summed E-state index contributed by atoms with van der Waals surface area (Å²) >= 11 is 7.51. The highest BCUT2D eigenvalue weighted by Crippen LogP contribution is 2.31. The van der Waals surface area contributed by atoms with Crippen LogP contribution in [-0.2, 0) is 5.41 Å². The number of aliphatic hydroxyl groups is 1. The highest BCUT2D eigenvalue weighted by Gasteiger charge is 2.29. The normalized spacial score (nSPS) is 13.2. The van der Waals surface area contributed by atoms with E-state index in [0.29, 0.717) is 10.8 Å². The minimum atomic E-state index is -0.549. The molecule has 0 spiro atoms. The lowest BCUT2D eigenvalue weighted by molar-refractivity contribution is 0.122. The summed E-state index contributed by atoms with van der Waals surface area (Å²) < 4.78 is 13.0. The molecular weight excluding hydrogens is 307 g/mol. The highest BCUT2D eigenvalue weighted by molar-refractivity contribution is 7.99. The van der Waals surface area contributed by atoms with Crippen molar-refractivity contribution in [1.82, 2.24) is 0 Å². The maximum Gasteiger partial charge on any atom is 0.123 e. The van der Waals surface area contributed by atoms with Crippen molar-refractivity contribution in [2.75, 3.05) is 5.75 Å². The second-order valence-corrected chi connectivity index (χ2v) is 7.04. The molecule has 0 aliphatic carbocycles. The summed E-state index contributed by atoms with van der Waals surface area (Å²) in [5, 5.41) is 11.2. The number of halogens is 2. The molecular formula is C17H18ClFOS. The SMILES string of the molecule is CC(C)(c1ccc(F)cc1)C(O)CSc1cccc(Cl)c1. The van der Waals surface area contributed by atoms with Crippen LogP contribution in [0.2, 0.25) is 5.02 Å². The van der Waals surface area contributed by atoms with Gasteiger partial charge in [-0.05, 0) is 35.9 Å². The second-order valence-electron chi connectivity index (χ2n) is 5.51. The molecule has 0 radical (unpaired) electrons. The lowest BCUT2D eigenvalue weighted by Crippen LogP contribution is -2.35. The van der Waals surface area contributed by atoms with E-state index in [4.69, 9.17) is 11.6 Å². The standard InChI is InChI=1S/C17H18ClFOS/c1-17(2,12-6-8-14(19)9-7-12)16(20)11-21-15-5-3-4-13(18)10-15/h3-10,16,20H,11H2,1-2H3. The lowest BCUT2D eigenvalue weighted by atomic mass is 9.80. The van der Waals surface area contributed by atoms with E-state index in [1.54, 1.807) is 23.9 Å². The first-order valence-electron chi connectivity index (χ1n) is 6.72. The van der Waals surface area contributed by atoms with Crippen LogP contribution in [0.25, 0.3) is 0 Å². The van der Waals surface area contributed by atoms with E-state index >= 15 is 0 Å². The number of hydrogen-bond acceptors (Lipinski definition) is 2. The first-order valence-corrected chi connectivity index (χ1v) is 8.08. The van der Waals surface area contributed by atoms with Gasteiger partial charge in [-0.2, -0.15) is 0 Å². The molecule has 1 nitrogen and oxygen atoms in total. The summed E-state index contributed by atoms with van der Waals surface area (Å²) in [6, 6.07) is 13.9. The maximum absolute atomic E-state index is 13.0. The number of thioether (sulfide) groups is 1. The van der Waals surface area contributed by atoms with Crippen molar-refractivity contribution in [3.8, 4) is 0 Å². The van der Waals surface area contributed by atoms with Crippen molar-refractivity contribution < 1.29 is 9.50 Å². The van der Waals surface area contributed by atoms with E-state index in [0.717, 1.165) is 10.5 Å². The van der Waals surface area contributed by atoms with Crippen LogP contribution in [0.4, 0.5) is 4.39 Å². The van der Waals surface area contributed by atoms with Crippen LogP contribution >= 0.6 is 23.4 Å². The zero-order valence-electron chi connectivity index (χ0n) is 12.0. The molecule has 0 saturated carbocycles. The maximum atomic E-state index is 13.0. The predicted molar refractivity (Wildman–Crippen MR) is 87.6 cm³/mol. The quantitative estimate of drug-likeness (QED) is 0.789. The monoisotopic (exact) mass is 324 g/mol. The van der Waals surface area contributed by atoms with Gasteiger partial charge in [0.25, 0.3) is 0 Å². The molecule has 0 amide bonds. The highest BCUT2D eigenvalue weighted by atomic mass is 35.5. The average Bonchev–Trinajstić information content (AvgIpc) is 2.45. The van der Waals surface area contributed by atoms with Crippen LogP contribution in [0, 0.1) is 5.82 Å². The predicted octanol–water partition coefficient (Wildman–Crippen LogP) is 4.91. The minimum absolute atomic E-state index is 0.266. The van der Waals surface area contributed by atoms with Crippen LogP contribution in [0.5, 0.6) is 0 Å². The lowest BCUT2D eigenvalue weighted by Gasteiger charge is -2.31. The third kappa shape index (κ3) is 4.22. The van der Waals surface area contributed by atoms with Gasteiger partial charge >= 0.3 is 0 Å². The molecule has 0 aromatic heterocycles. The van der Waals surface area contributed by atoms with Crippen molar-refractivity contribution in [2.45, 2.75) is 30.3 Å². The van der Waals surface area contributed by atoms with Crippen LogP contribution in [0.15, 0.2) is 53.4 Å². The number of hydrogen-bond donors (Lipinski definition) is 1. The molecule has 0 saturated heterocycles. The number of rotatable bonds is 5. The molecule has 0 heterocycles. The minimum Gasteiger partial charge on any atom is -0.391 e. The van der Waals surface area contributed by atoms with Crippen LogP contribution < -0.4 is 0 Å². The van der Waals surface area contributed by atoms with Crippen molar-refractivity contribution in [3.05, 3.63) is 64.9 Å². The summed E-state index contributed by atoms with van der Waals surface area (Å²) in [5.74, 6) is 0.280. The van der Waals surface area contributed by atoms with E-state index in [2.05, 4.69) is 0 Å². The Morgan fingerprint density at radius 1 is 1.19 bits per heavy atom. The molecule has 2 rings (SSSR count). The van der Waals surface area contributed by atoms with Gasteiger partial charge in [-0.15, -0.1) is 11.8 Å². The molecule has 0 aliphatic rings. The summed E-state index contributed by atoms with van der Waals surface area (Å²) in [4.78, 5) is 1.02. The Morgan fingerprint density at radius 2 is 1.86 bits per heavy atom. The zero-order valence-corrected chi connectivity index (χ0v) is 13.6. The Bertz CT molecular complexity index is 598. The van der Waals surface area contributed by atoms with E-state index in [1.165, 1.54) is 12.1 Å². The second kappa shape index (κ2) is 6.82. The molecule has 1 atom stereocenters. The van der Waals surface area contributed by atoms with Gasteiger partial charge in [-0.25, -0.2) is 4.39 Å². The van der Waals surface area contributed by atoms with E-state index in [1.807, 2.05) is 38.1 Å². The van der Waals surface area contributed by atoms with E-state index < -0.39 is 11.5 Å². The molecule has 0 bridgehead atoms. The van der Waals surface area contributed by atoms with E-state index in [-0.39, 0.29) is 5.82 Å². The number of aliphatic hydroxyl groups excluding tert-OH is 1. The number of benzene rings is 2. The van der Waals surface area contributed by atoms with Crippen molar-refractivity contribution in [2.24, 2.45) is 0 Å². The first kappa shape index (κ1) is 16.3. The van der Waals surface area contributed by atoms with Gasteiger partial charge in [0.05, 0.1) is 6.10 Å². The molecule has 2 aromatic carbocycles. The van der Waals surface area contributed by atoms with Gasteiger partial charge in [0, 0.05) is 21.1 Å². The topological polar surface area (TPSA) is 20.2 Å². The molecule has 0 aliphatic heterocycles. The molecule has 4 heteroatoms. The van der Waals surface area contributed by atoms with Crippen molar-refractivity contribution >= 4 is 23.4 Å². The molecule has 1 N–H and O–H groups in total. The molecule has 21 heavy (non-hydrogen) atoms. The Balaban J connectivity index is 2.04. The smallest absolute Gasteiger partial charge is 0.123 e. The molecule has 2 aromatic rings. The van der Waals surface area contributed by atoms with Gasteiger partial charge in [0.1, 0.15) is 5.82 Å². The molecule has 1 unspecified atom stereocenters. The fraction of sp³-hybridized carbons (Fsp3) is 0.294. The zero-order chi connectivity index (χ0) is 15.5. The van der Waals surface area contributed by atoms with Gasteiger partial charge in [0.2, 0.25) is 0 Å². The van der Waals surface area contributed by atoms with Gasteiger partial charge < -0.3 is 5.11 Å². The largest absolute Gasteiger partial charge is 0.391 e. The fourth-order valence-electron chi connectivity index (χ4n) is 2.01. The third-order valence-corrected chi connectivity index (χ3v) is 4.93. The average molecular weight is 325 g/mol. The van der Waals surface area contributed by atoms with Gasteiger partial charge in [-0.1, -0.05) is 43.6 Å². The van der Waals surface area contributed by atoms with Gasteiger partial charge in [-0.3, -0.25) is 0 Å². The van der Waals surface area contributed by atoms with Crippen molar-refractivity contribution in [3.63, 3.8) is 0 Å². The summed E-state index contributed by atoms with van der Waals surface area (Å²) in [5.41, 5.74) is 0.474. The Morgan fingerprint density at radius 3 is 2.48 bits per heavy atom. The Kier molecular flexibility index (Phi) is 5.31. The van der Waals surface area contributed by atoms with Crippen LogP contribution in [-0.4, -0.2) is 17.0 Å². The third-order valence-electron chi connectivity index (χ3n) is 3.63. The van der Waals surface area contributed by atoms with Crippen molar-refractivity contribution in [1.29, 1.82) is 0 Å². The van der Waals surface area contributed by atoms with Crippen LogP contribution in [0.1, 0.15) is 19.4 Å². The summed E-state index contributed by atoms with van der Waals surface area (Å²) in [7, 11) is 0. The molecule has 0 fully saturated rings. The summed E-state index contributed by atoms with van der Waals surface area (Å²) in [6.45, 7) is 3.92. The Labute approximate surface area is 134 Å². The van der Waals surface area contributed by atoms with E-state index in [9.17, 15) is 9.50 Å². The Hall–Kier alpha value is -1.03. The first-order chi connectivity index (χ1) is 9.89.